The van der Waals surface area contributed by atoms with Crippen LogP contribution < -0.4 is 15.0 Å². The van der Waals surface area contributed by atoms with Crippen molar-refractivity contribution in [3.63, 3.8) is 0 Å². The van der Waals surface area contributed by atoms with Crippen molar-refractivity contribution in [2.75, 3.05) is 24.5 Å². The largest absolute Gasteiger partial charge is 0.480 e. The molecule has 0 aliphatic carbocycles. The lowest BCUT2D eigenvalue weighted by Crippen LogP contribution is -2.43. The van der Waals surface area contributed by atoms with E-state index >= 15 is 0 Å². The molecular formula is C28H38N2O3. The van der Waals surface area contributed by atoms with Gasteiger partial charge in [-0.1, -0.05) is 44.2 Å². The molecule has 2 aromatic carbocycles. The number of amides is 1. The van der Waals surface area contributed by atoms with Gasteiger partial charge in [0.2, 0.25) is 5.91 Å². The number of nitrogens with one attached hydrogen (secondary N) is 1. The molecule has 2 aromatic rings. The van der Waals surface area contributed by atoms with Crippen LogP contribution in [0.5, 0.6) is 5.75 Å². The van der Waals surface area contributed by atoms with E-state index in [0.717, 1.165) is 31.5 Å². The Hall–Kier alpha value is -2.82. The fourth-order valence-electron chi connectivity index (χ4n) is 4.08. The second-order valence-electron chi connectivity index (χ2n) is 9.89. The van der Waals surface area contributed by atoms with Gasteiger partial charge in [0.1, 0.15) is 5.75 Å². The third kappa shape index (κ3) is 6.83. The van der Waals surface area contributed by atoms with Crippen molar-refractivity contribution in [3.8, 4) is 5.75 Å². The normalized spacial score (nSPS) is 16.5. The zero-order chi connectivity index (χ0) is 24.0. The Balaban J connectivity index is 1.54. The molecule has 178 valence electrons. The standard InChI is InChI=1S/C28H38N2O3/c1-20(2)23-13-11-22(12-14-23)15-16-29-27(32)24-8-7-17-30(19-24)25-9-6-10-26(18-25)33-28(4,5)21(3)31/h6,9-14,18,20,24H,7-8,15-17,19H2,1-5H3,(H,29,32). The number of Topliss-reactive ketones (excluding diaryl/α,β-unsaturated/α-hetero) is 1. The minimum absolute atomic E-state index is 0.0153. The molecule has 0 saturated carbocycles. The minimum Gasteiger partial charge on any atom is -0.480 e. The number of ether oxygens (including phenoxy) is 1. The summed E-state index contributed by atoms with van der Waals surface area (Å²) >= 11 is 0. The number of ketones is 1. The highest BCUT2D eigenvalue weighted by Gasteiger charge is 2.28. The zero-order valence-electron chi connectivity index (χ0n) is 20.7. The van der Waals surface area contributed by atoms with Crippen LogP contribution in [0.2, 0.25) is 0 Å². The molecule has 0 bridgehead atoms. The first-order valence-electron chi connectivity index (χ1n) is 12.1. The lowest BCUT2D eigenvalue weighted by molar-refractivity contribution is -0.129. The Kier molecular flexibility index (Phi) is 8.17. The summed E-state index contributed by atoms with van der Waals surface area (Å²) < 4.78 is 5.93. The van der Waals surface area contributed by atoms with Crippen LogP contribution in [-0.2, 0) is 16.0 Å². The molecule has 1 saturated heterocycles. The molecule has 1 atom stereocenters. The number of anilines is 1. The molecule has 5 heteroatoms. The van der Waals surface area contributed by atoms with Gasteiger partial charge >= 0.3 is 0 Å². The Labute approximate surface area is 198 Å². The summed E-state index contributed by atoms with van der Waals surface area (Å²) in [5.74, 6) is 1.28. The fourth-order valence-corrected chi connectivity index (χ4v) is 4.08. The van der Waals surface area contributed by atoms with E-state index < -0.39 is 5.60 Å². The molecular weight excluding hydrogens is 412 g/mol. The van der Waals surface area contributed by atoms with Crippen molar-refractivity contribution in [1.82, 2.24) is 5.32 Å². The Morgan fingerprint density at radius 2 is 1.88 bits per heavy atom. The van der Waals surface area contributed by atoms with Gasteiger partial charge in [-0.2, -0.15) is 0 Å². The van der Waals surface area contributed by atoms with E-state index in [-0.39, 0.29) is 17.6 Å². The van der Waals surface area contributed by atoms with Crippen LogP contribution in [0.4, 0.5) is 5.69 Å². The second kappa shape index (κ2) is 10.9. The number of carbonyl (C=O) groups is 2. The summed E-state index contributed by atoms with van der Waals surface area (Å²) in [4.78, 5) is 26.9. The maximum Gasteiger partial charge on any atom is 0.224 e. The van der Waals surface area contributed by atoms with E-state index in [1.54, 1.807) is 20.8 Å². The molecule has 1 aliphatic rings. The molecule has 0 aromatic heterocycles. The van der Waals surface area contributed by atoms with E-state index in [4.69, 9.17) is 4.74 Å². The highest BCUT2D eigenvalue weighted by atomic mass is 16.5. The van der Waals surface area contributed by atoms with Crippen LogP contribution in [0.15, 0.2) is 48.5 Å². The molecule has 1 aliphatic heterocycles. The zero-order valence-corrected chi connectivity index (χ0v) is 20.7. The number of nitrogens with zero attached hydrogens (tertiary/aromatic N) is 1. The quantitative estimate of drug-likeness (QED) is 0.575. The minimum atomic E-state index is -0.863. The van der Waals surface area contributed by atoms with Crippen molar-refractivity contribution >= 4 is 17.4 Å². The van der Waals surface area contributed by atoms with Gasteiger partial charge in [-0.05, 0) is 69.2 Å². The molecule has 1 N–H and O–H groups in total. The van der Waals surface area contributed by atoms with E-state index in [2.05, 4.69) is 48.3 Å². The van der Waals surface area contributed by atoms with E-state index in [9.17, 15) is 9.59 Å². The first-order chi connectivity index (χ1) is 15.7. The summed E-state index contributed by atoms with van der Waals surface area (Å²) in [6.45, 7) is 11.7. The number of rotatable bonds is 9. The summed E-state index contributed by atoms with van der Waals surface area (Å²) in [5, 5.41) is 3.14. The molecule has 3 rings (SSSR count). The topological polar surface area (TPSA) is 58.6 Å². The van der Waals surface area contributed by atoms with Crippen LogP contribution in [0, 0.1) is 5.92 Å². The van der Waals surface area contributed by atoms with Crippen molar-refractivity contribution in [2.24, 2.45) is 5.92 Å². The van der Waals surface area contributed by atoms with Crippen LogP contribution >= 0.6 is 0 Å². The monoisotopic (exact) mass is 450 g/mol. The molecule has 1 fully saturated rings. The van der Waals surface area contributed by atoms with E-state index in [1.165, 1.54) is 11.1 Å². The van der Waals surface area contributed by atoms with E-state index in [1.807, 2.05) is 24.3 Å². The molecule has 33 heavy (non-hydrogen) atoms. The number of hydrogen-bond acceptors (Lipinski definition) is 4. The van der Waals surface area contributed by atoms with Gasteiger partial charge in [-0.25, -0.2) is 0 Å². The highest BCUT2D eigenvalue weighted by Crippen LogP contribution is 2.28. The van der Waals surface area contributed by atoms with Gasteiger partial charge in [-0.3, -0.25) is 9.59 Å². The smallest absolute Gasteiger partial charge is 0.224 e. The predicted octanol–water partition coefficient (Wildman–Crippen LogP) is 5.13. The average molecular weight is 451 g/mol. The lowest BCUT2D eigenvalue weighted by Gasteiger charge is -2.34. The predicted molar refractivity (Wildman–Crippen MR) is 134 cm³/mol. The Morgan fingerprint density at radius 1 is 1.15 bits per heavy atom. The number of benzene rings is 2. The summed E-state index contributed by atoms with van der Waals surface area (Å²) in [5.41, 5.74) is 2.74. The maximum absolute atomic E-state index is 12.8. The van der Waals surface area contributed by atoms with Gasteiger partial charge in [0, 0.05) is 31.4 Å². The molecule has 0 spiro atoms. The third-order valence-corrected chi connectivity index (χ3v) is 6.56. The van der Waals surface area contributed by atoms with Crippen LogP contribution in [0.1, 0.15) is 64.5 Å². The van der Waals surface area contributed by atoms with Gasteiger partial charge < -0.3 is 15.0 Å². The average Bonchev–Trinajstić information content (AvgIpc) is 2.79. The van der Waals surface area contributed by atoms with Gasteiger partial charge in [0.25, 0.3) is 0 Å². The Morgan fingerprint density at radius 3 is 2.55 bits per heavy atom. The molecule has 0 radical (unpaired) electrons. The van der Waals surface area contributed by atoms with Gasteiger partial charge in [0.05, 0.1) is 5.92 Å². The summed E-state index contributed by atoms with van der Waals surface area (Å²) in [7, 11) is 0. The van der Waals surface area contributed by atoms with Crippen molar-refractivity contribution in [2.45, 2.75) is 65.4 Å². The maximum atomic E-state index is 12.8. The number of piperidine rings is 1. The lowest BCUT2D eigenvalue weighted by atomic mass is 9.96. The Bertz CT molecular complexity index is 950. The van der Waals surface area contributed by atoms with E-state index in [0.29, 0.717) is 24.8 Å². The van der Waals surface area contributed by atoms with Crippen LogP contribution in [0.3, 0.4) is 0 Å². The summed E-state index contributed by atoms with van der Waals surface area (Å²) in [6, 6.07) is 16.5. The van der Waals surface area contributed by atoms with Crippen LogP contribution in [-0.4, -0.2) is 36.9 Å². The number of hydrogen-bond donors (Lipinski definition) is 1. The molecule has 5 nitrogen and oxygen atoms in total. The molecule has 1 unspecified atom stereocenters. The third-order valence-electron chi connectivity index (χ3n) is 6.56. The summed E-state index contributed by atoms with van der Waals surface area (Å²) in [6.07, 6.45) is 2.71. The highest BCUT2D eigenvalue weighted by molar-refractivity contribution is 5.84. The first kappa shape index (κ1) is 24.8. The fraction of sp³-hybridized carbons (Fsp3) is 0.500. The molecule has 1 amide bonds. The SMILES string of the molecule is CC(=O)C(C)(C)Oc1cccc(N2CCCC(C(=O)NCCc3ccc(C(C)C)cc3)C2)c1. The van der Waals surface area contributed by atoms with Crippen molar-refractivity contribution in [1.29, 1.82) is 0 Å². The van der Waals surface area contributed by atoms with Crippen molar-refractivity contribution in [3.05, 3.63) is 59.7 Å². The van der Waals surface area contributed by atoms with Crippen molar-refractivity contribution < 1.29 is 14.3 Å². The van der Waals surface area contributed by atoms with Gasteiger partial charge in [0.15, 0.2) is 11.4 Å². The molecule has 1 heterocycles. The first-order valence-corrected chi connectivity index (χ1v) is 12.1. The number of carbonyl (C=O) groups excluding carboxylic acids is 2. The second-order valence-corrected chi connectivity index (χ2v) is 9.89. The van der Waals surface area contributed by atoms with Crippen LogP contribution in [0.25, 0.3) is 0 Å². The van der Waals surface area contributed by atoms with Gasteiger partial charge in [-0.15, -0.1) is 0 Å².